The third-order valence-corrected chi connectivity index (χ3v) is 5.23. The Bertz CT molecular complexity index is 576. The van der Waals surface area contributed by atoms with E-state index in [1.807, 2.05) is 18.3 Å². The Morgan fingerprint density at radius 1 is 1.10 bits per heavy atom. The summed E-state index contributed by atoms with van der Waals surface area (Å²) >= 11 is 1.68. The van der Waals surface area contributed by atoms with Crippen LogP contribution in [0.5, 0.6) is 0 Å². The Morgan fingerprint density at radius 2 is 2.00 bits per heavy atom. The molecule has 2 bridgehead atoms. The van der Waals surface area contributed by atoms with Gasteiger partial charge in [-0.1, -0.05) is 11.3 Å². The third kappa shape index (κ3) is 2.19. The number of anilines is 1. The molecule has 20 heavy (non-hydrogen) atoms. The van der Waals surface area contributed by atoms with Gasteiger partial charge in [-0.25, -0.2) is 0 Å². The van der Waals surface area contributed by atoms with Gasteiger partial charge in [0.05, 0.1) is 0 Å². The summed E-state index contributed by atoms with van der Waals surface area (Å²) < 4.78 is 0. The molecule has 0 saturated carbocycles. The molecule has 5 nitrogen and oxygen atoms in total. The summed E-state index contributed by atoms with van der Waals surface area (Å²) in [6.45, 7) is 4.69. The standard InChI is InChI=1S/C14H17N5S/c1-2-11(10-15-5-1)13-16-17-14(20-13)19-9-8-18-6-3-12(19)4-7-18/h1-2,5,10,12H,3-4,6-9H2. The molecule has 6 heteroatoms. The van der Waals surface area contributed by atoms with Crippen LogP contribution in [0, 0.1) is 0 Å². The van der Waals surface area contributed by atoms with Crippen molar-refractivity contribution in [3.63, 3.8) is 0 Å². The molecule has 0 aliphatic carbocycles. The topological polar surface area (TPSA) is 45.2 Å². The van der Waals surface area contributed by atoms with Crippen molar-refractivity contribution in [1.82, 2.24) is 20.1 Å². The van der Waals surface area contributed by atoms with Gasteiger partial charge in [-0.2, -0.15) is 0 Å². The molecule has 0 spiro atoms. The van der Waals surface area contributed by atoms with Crippen LogP contribution in [0.3, 0.4) is 0 Å². The molecular formula is C14H17N5S. The maximum atomic E-state index is 4.42. The minimum atomic E-state index is 0.642. The number of pyridine rings is 1. The van der Waals surface area contributed by atoms with Gasteiger partial charge in [0.15, 0.2) is 5.01 Å². The summed E-state index contributed by atoms with van der Waals surface area (Å²) in [5.74, 6) is 0. The molecule has 0 atom stereocenters. The van der Waals surface area contributed by atoms with E-state index >= 15 is 0 Å². The monoisotopic (exact) mass is 287 g/mol. The smallest absolute Gasteiger partial charge is 0.208 e. The Kier molecular flexibility index (Phi) is 3.12. The van der Waals surface area contributed by atoms with Crippen molar-refractivity contribution in [3.8, 4) is 10.6 Å². The molecule has 0 unspecified atom stereocenters. The van der Waals surface area contributed by atoms with Crippen LogP contribution in [0.4, 0.5) is 5.13 Å². The average molecular weight is 287 g/mol. The lowest BCUT2D eigenvalue weighted by Crippen LogP contribution is -2.37. The molecule has 3 aliphatic rings. The van der Waals surface area contributed by atoms with Crippen LogP contribution >= 0.6 is 11.3 Å². The van der Waals surface area contributed by atoms with Gasteiger partial charge in [0.1, 0.15) is 0 Å². The lowest BCUT2D eigenvalue weighted by Gasteiger charge is -2.30. The van der Waals surface area contributed by atoms with Gasteiger partial charge in [-0.05, 0) is 25.0 Å². The SMILES string of the molecule is c1cncc(-c2nnc(N3CCN4CCC3CC4)s2)c1. The van der Waals surface area contributed by atoms with E-state index in [0.29, 0.717) is 6.04 Å². The second-order valence-corrected chi connectivity index (χ2v) is 6.35. The molecule has 2 aromatic heterocycles. The van der Waals surface area contributed by atoms with Crippen LogP contribution in [0.15, 0.2) is 24.5 Å². The van der Waals surface area contributed by atoms with Crippen LogP contribution < -0.4 is 4.90 Å². The fourth-order valence-corrected chi connectivity index (χ4v) is 4.01. The molecule has 3 saturated heterocycles. The molecule has 0 N–H and O–H groups in total. The third-order valence-electron chi connectivity index (χ3n) is 4.22. The summed E-state index contributed by atoms with van der Waals surface area (Å²) in [7, 11) is 0. The van der Waals surface area contributed by atoms with E-state index in [2.05, 4.69) is 25.0 Å². The fourth-order valence-electron chi connectivity index (χ4n) is 3.08. The number of aromatic nitrogens is 3. The number of nitrogens with zero attached hydrogens (tertiary/aromatic N) is 5. The molecule has 0 radical (unpaired) electrons. The average Bonchev–Trinajstić information content (AvgIpc) is 2.81. The summed E-state index contributed by atoms with van der Waals surface area (Å²) in [6, 6.07) is 4.62. The van der Waals surface area contributed by atoms with Gasteiger partial charge >= 0.3 is 0 Å². The van der Waals surface area contributed by atoms with E-state index in [9.17, 15) is 0 Å². The molecule has 5 rings (SSSR count). The zero-order valence-corrected chi connectivity index (χ0v) is 12.1. The highest BCUT2D eigenvalue weighted by Gasteiger charge is 2.30. The number of hydrogen-bond donors (Lipinski definition) is 0. The number of rotatable bonds is 2. The highest BCUT2D eigenvalue weighted by atomic mass is 32.1. The maximum absolute atomic E-state index is 4.42. The largest absolute Gasteiger partial charge is 0.342 e. The van der Waals surface area contributed by atoms with Gasteiger partial charge in [-0.3, -0.25) is 4.98 Å². The van der Waals surface area contributed by atoms with E-state index < -0.39 is 0 Å². The zero-order valence-electron chi connectivity index (χ0n) is 11.3. The van der Waals surface area contributed by atoms with Gasteiger partial charge < -0.3 is 9.80 Å². The van der Waals surface area contributed by atoms with Gasteiger partial charge in [0, 0.05) is 50.2 Å². The molecule has 104 valence electrons. The first-order valence-electron chi connectivity index (χ1n) is 7.13. The van der Waals surface area contributed by atoms with Crippen LogP contribution in [0.2, 0.25) is 0 Å². The molecule has 5 heterocycles. The highest BCUT2D eigenvalue weighted by molar-refractivity contribution is 7.18. The molecule has 0 amide bonds. The first-order chi connectivity index (χ1) is 9.90. The molecule has 3 aliphatic heterocycles. The predicted octanol–water partition coefficient (Wildman–Crippen LogP) is 1.88. The van der Waals surface area contributed by atoms with Gasteiger partial charge in [0.25, 0.3) is 0 Å². The van der Waals surface area contributed by atoms with Crippen LogP contribution in [0.1, 0.15) is 12.8 Å². The first kappa shape index (κ1) is 12.2. The zero-order chi connectivity index (χ0) is 13.4. The van der Waals surface area contributed by atoms with E-state index in [1.54, 1.807) is 17.5 Å². The van der Waals surface area contributed by atoms with Crippen molar-refractivity contribution in [2.75, 3.05) is 31.1 Å². The van der Waals surface area contributed by atoms with Gasteiger partial charge in [0.2, 0.25) is 5.13 Å². The van der Waals surface area contributed by atoms with Crippen molar-refractivity contribution < 1.29 is 0 Å². The lowest BCUT2D eigenvalue weighted by atomic mass is 10.1. The number of piperidine rings is 1. The normalized spacial score (nSPS) is 25.7. The van der Waals surface area contributed by atoms with Crippen LogP contribution in [-0.4, -0.2) is 52.3 Å². The van der Waals surface area contributed by atoms with Crippen molar-refractivity contribution in [3.05, 3.63) is 24.5 Å². The Balaban J connectivity index is 1.61. The minimum Gasteiger partial charge on any atom is -0.342 e. The number of hydrogen-bond acceptors (Lipinski definition) is 6. The van der Waals surface area contributed by atoms with E-state index in [1.165, 1.54) is 25.9 Å². The summed E-state index contributed by atoms with van der Waals surface area (Å²) in [5.41, 5.74) is 1.05. The minimum absolute atomic E-state index is 0.642. The fraction of sp³-hybridized carbons (Fsp3) is 0.500. The summed E-state index contributed by atoms with van der Waals surface area (Å²) in [6.07, 6.45) is 6.14. The maximum Gasteiger partial charge on any atom is 0.208 e. The highest BCUT2D eigenvalue weighted by Crippen LogP contribution is 2.32. The van der Waals surface area contributed by atoms with Crippen molar-refractivity contribution >= 4 is 16.5 Å². The van der Waals surface area contributed by atoms with E-state index in [4.69, 9.17) is 0 Å². The molecule has 3 fully saturated rings. The first-order valence-corrected chi connectivity index (χ1v) is 7.95. The summed E-state index contributed by atoms with van der Waals surface area (Å²) in [5, 5.41) is 10.8. The van der Waals surface area contributed by atoms with Gasteiger partial charge in [-0.15, -0.1) is 10.2 Å². The molecule has 0 aromatic carbocycles. The lowest BCUT2D eigenvalue weighted by molar-refractivity contribution is 0.250. The van der Waals surface area contributed by atoms with Crippen molar-refractivity contribution in [1.29, 1.82) is 0 Å². The van der Waals surface area contributed by atoms with Crippen LogP contribution in [-0.2, 0) is 0 Å². The van der Waals surface area contributed by atoms with E-state index in [-0.39, 0.29) is 0 Å². The Hall–Kier alpha value is -1.53. The molecule has 2 aromatic rings. The van der Waals surface area contributed by atoms with Crippen molar-refractivity contribution in [2.24, 2.45) is 0 Å². The quantitative estimate of drug-likeness (QED) is 0.844. The van der Waals surface area contributed by atoms with Crippen molar-refractivity contribution in [2.45, 2.75) is 18.9 Å². The van der Waals surface area contributed by atoms with E-state index in [0.717, 1.165) is 28.8 Å². The Labute approximate surface area is 122 Å². The second kappa shape index (κ2) is 5.10. The predicted molar refractivity (Wildman–Crippen MR) is 79.9 cm³/mol. The molecular weight excluding hydrogens is 270 g/mol. The number of fused-ring (bicyclic) bond motifs is 4. The Morgan fingerprint density at radius 3 is 2.80 bits per heavy atom. The summed E-state index contributed by atoms with van der Waals surface area (Å²) in [4.78, 5) is 9.17. The second-order valence-electron chi connectivity index (χ2n) is 5.40. The van der Waals surface area contributed by atoms with Crippen LogP contribution in [0.25, 0.3) is 10.6 Å².